The molecule has 6 heteroatoms. The Hall–Kier alpha value is -3.61. The third kappa shape index (κ3) is 4.37. The molecule has 3 aromatic heterocycles. The molecule has 0 saturated carbocycles. The van der Waals surface area contributed by atoms with Crippen molar-refractivity contribution in [3.8, 4) is 22.5 Å². The number of aromatic nitrogens is 3. The molecule has 3 heterocycles. The molecule has 0 saturated heterocycles. The molecule has 158 valence electrons. The van der Waals surface area contributed by atoms with Crippen molar-refractivity contribution >= 4 is 27.4 Å². The Kier molecular flexibility index (Phi) is 5.87. The second-order valence-electron chi connectivity index (χ2n) is 7.66. The lowest BCUT2D eigenvalue weighted by Crippen LogP contribution is -2.31. The van der Waals surface area contributed by atoms with Gasteiger partial charge in [0, 0.05) is 41.5 Å². The lowest BCUT2D eigenvalue weighted by atomic mass is 10.1. The standard InChI is InChI=1S/C26H23N5S/c27-21(15-18-7-3-1-4-8-18)16-29-26-24-23(22(17-32-24)19-9-5-2-6-10-19)30-25(31-26)20-11-13-28-14-12-20/h1-14,17,21H,15-16,27H2,(H,29,30,31). The van der Waals surface area contributed by atoms with Crippen molar-refractivity contribution in [1.82, 2.24) is 15.0 Å². The van der Waals surface area contributed by atoms with E-state index in [1.807, 2.05) is 48.5 Å². The molecule has 0 bridgehead atoms. The molecule has 2 aromatic carbocycles. The predicted octanol–water partition coefficient (Wildman–Crippen LogP) is 5.40. The second kappa shape index (κ2) is 9.26. The van der Waals surface area contributed by atoms with E-state index in [1.165, 1.54) is 5.56 Å². The van der Waals surface area contributed by atoms with E-state index < -0.39 is 0 Å². The minimum absolute atomic E-state index is 0.0275. The maximum atomic E-state index is 6.43. The summed E-state index contributed by atoms with van der Waals surface area (Å²) in [6, 6.07) is 24.5. The van der Waals surface area contributed by atoms with Gasteiger partial charge in [0.05, 0.1) is 10.2 Å². The predicted molar refractivity (Wildman–Crippen MR) is 133 cm³/mol. The highest BCUT2D eigenvalue weighted by Crippen LogP contribution is 2.37. The van der Waals surface area contributed by atoms with Crippen LogP contribution in [0.5, 0.6) is 0 Å². The van der Waals surface area contributed by atoms with Crippen molar-refractivity contribution in [3.05, 3.63) is 96.1 Å². The third-order valence-electron chi connectivity index (χ3n) is 5.31. The minimum atomic E-state index is -0.0275. The van der Waals surface area contributed by atoms with Crippen molar-refractivity contribution in [2.24, 2.45) is 5.73 Å². The van der Waals surface area contributed by atoms with Gasteiger partial charge in [-0.15, -0.1) is 11.3 Å². The number of nitrogens with zero attached hydrogens (tertiary/aromatic N) is 3. The quantitative estimate of drug-likeness (QED) is 0.356. The first-order valence-corrected chi connectivity index (χ1v) is 11.4. The van der Waals surface area contributed by atoms with Crippen LogP contribution in [-0.4, -0.2) is 27.5 Å². The fraction of sp³-hybridized carbons (Fsp3) is 0.115. The molecule has 5 rings (SSSR count). The van der Waals surface area contributed by atoms with E-state index in [0.717, 1.165) is 39.1 Å². The number of benzene rings is 2. The van der Waals surface area contributed by atoms with E-state index in [1.54, 1.807) is 23.7 Å². The summed E-state index contributed by atoms with van der Waals surface area (Å²) in [4.78, 5) is 13.9. The molecule has 0 spiro atoms. The Labute approximate surface area is 191 Å². The van der Waals surface area contributed by atoms with E-state index in [4.69, 9.17) is 15.7 Å². The van der Waals surface area contributed by atoms with Crippen LogP contribution in [0.15, 0.2) is 90.6 Å². The van der Waals surface area contributed by atoms with Crippen molar-refractivity contribution in [2.45, 2.75) is 12.5 Å². The number of hydrogen-bond acceptors (Lipinski definition) is 6. The molecule has 32 heavy (non-hydrogen) atoms. The van der Waals surface area contributed by atoms with Crippen LogP contribution in [0.25, 0.3) is 32.7 Å². The molecule has 1 unspecified atom stereocenters. The molecule has 0 aliphatic carbocycles. The summed E-state index contributed by atoms with van der Waals surface area (Å²) in [6.45, 7) is 0.620. The van der Waals surface area contributed by atoms with Crippen LogP contribution in [0, 0.1) is 0 Å². The van der Waals surface area contributed by atoms with Gasteiger partial charge in [-0.3, -0.25) is 4.98 Å². The summed E-state index contributed by atoms with van der Waals surface area (Å²) in [5.41, 5.74) is 11.8. The maximum absolute atomic E-state index is 6.43. The van der Waals surface area contributed by atoms with Crippen molar-refractivity contribution in [2.75, 3.05) is 11.9 Å². The van der Waals surface area contributed by atoms with Crippen molar-refractivity contribution in [3.63, 3.8) is 0 Å². The molecule has 5 aromatic rings. The van der Waals surface area contributed by atoms with E-state index in [9.17, 15) is 0 Å². The molecule has 1 atom stereocenters. The Balaban J connectivity index is 1.50. The first-order valence-electron chi connectivity index (χ1n) is 10.6. The van der Waals surface area contributed by atoms with Gasteiger partial charge < -0.3 is 11.1 Å². The summed E-state index contributed by atoms with van der Waals surface area (Å²) < 4.78 is 1.04. The minimum Gasteiger partial charge on any atom is -0.367 e. The van der Waals surface area contributed by atoms with Gasteiger partial charge in [-0.05, 0) is 29.7 Å². The van der Waals surface area contributed by atoms with E-state index >= 15 is 0 Å². The summed E-state index contributed by atoms with van der Waals surface area (Å²) in [5.74, 6) is 1.49. The molecule has 5 nitrogen and oxygen atoms in total. The van der Waals surface area contributed by atoms with Crippen LogP contribution in [-0.2, 0) is 6.42 Å². The fourth-order valence-electron chi connectivity index (χ4n) is 3.71. The molecule has 0 radical (unpaired) electrons. The van der Waals surface area contributed by atoms with Gasteiger partial charge in [-0.2, -0.15) is 0 Å². The third-order valence-corrected chi connectivity index (χ3v) is 6.29. The van der Waals surface area contributed by atoms with Crippen LogP contribution >= 0.6 is 11.3 Å². The number of thiophene rings is 1. The topological polar surface area (TPSA) is 76.7 Å². The smallest absolute Gasteiger partial charge is 0.162 e. The zero-order valence-corrected chi connectivity index (χ0v) is 18.3. The second-order valence-corrected chi connectivity index (χ2v) is 8.54. The van der Waals surface area contributed by atoms with E-state index in [0.29, 0.717) is 12.4 Å². The Bertz CT molecular complexity index is 1300. The van der Waals surface area contributed by atoms with Gasteiger partial charge >= 0.3 is 0 Å². The molecule has 3 N–H and O–H groups in total. The number of fused-ring (bicyclic) bond motifs is 1. The first-order chi connectivity index (χ1) is 15.8. The van der Waals surface area contributed by atoms with Crippen molar-refractivity contribution < 1.29 is 0 Å². The summed E-state index contributed by atoms with van der Waals surface area (Å²) >= 11 is 1.65. The van der Waals surface area contributed by atoms with E-state index in [2.05, 4.69) is 39.9 Å². The van der Waals surface area contributed by atoms with Gasteiger partial charge in [-0.1, -0.05) is 60.7 Å². The summed E-state index contributed by atoms with van der Waals surface area (Å²) in [5, 5.41) is 5.65. The monoisotopic (exact) mass is 437 g/mol. The van der Waals surface area contributed by atoms with Crippen LogP contribution in [0.3, 0.4) is 0 Å². The zero-order chi connectivity index (χ0) is 21.8. The average molecular weight is 438 g/mol. The van der Waals surface area contributed by atoms with Gasteiger partial charge in [0.1, 0.15) is 5.82 Å². The zero-order valence-electron chi connectivity index (χ0n) is 17.5. The number of rotatable bonds is 7. The number of anilines is 1. The number of nitrogens with one attached hydrogen (secondary N) is 1. The Morgan fingerprint density at radius 2 is 1.56 bits per heavy atom. The summed E-state index contributed by atoms with van der Waals surface area (Å²) in [7, 11) is 0. The van der Waals surface area contributed by atoms with Crippen LogP contribution in [0.2, 0.25) is 0 Å². The lowest BCUT2D eigenvalue weighted by Gasteiger charge is -2.14. The number of nitrogens with two attached hydrogens (primary N) is 1. The van der Waals surface area contributed by atoms with Crippen LogP contribution < -0.4 is 11.1 Å². The Morgan fingerprint density at radius 3 is 2.31 bits per heavy atom. The molecule has 0 fully saturated rings. The molecule has 0 aliphatic rings. The molecule has 0 aliphatic heterocycles. The average Bonchev–Trinajstić information content (AvgIpc) is 3.28. The molecular weight excluding hydrogens is 414 g/mol. The molecular formula is C26H23N5S. The highest BCUT2D eigenvalue weighted by atomic mass is 32.1. The summed E-state index contributed by atoms with van der Waals surface area (Å²) in [6.07, 6.45) is 4.33. The lowest BCUT2D eigenvalue weighted by molar-refractivity contribution is 0.698. The first kappa shape index (κ1) is 20.3. The van der Waals surface area contributed by atoms with Crippen molar-refractivity contribution in [1.29, 1.82) is 0 Å². The maximum Gasteiger partial charge on any atom is 0.162 e. The Morgan fingerprint density at radius 1 is 0.844 bits per heavy atom. The normalized spacial score (nSPS) is 12.0. The van der Waals surface area contributed by atoms with Crippen LogP contribution in [0.4, 0.5) is 5.82 Å². The van der Waals surface area contributed by atoms with Gasteiger partial charge in [0.15, 0.2) is 5.82 Å². The number of pyridine rings is 1. The highest BCUT2D eigenvalue weighted by Gasteiger charge is 2.16. The van der Waals surface area contributed by atoms with Gasteiger partial charge in [0.25, 0.3) is 0 Å². The SMILES string of the molecule is NC(CNc1nc(-c2ccncc2)nc2c(-c3ccccc3)csc12)Cc1ccccc1. The van der Waals surface area contributed by atoms with E-state index in [-0.39, 0.29) is 6.04 Å². The largest absolute Gasteiger partial charge is 0.367 e. The van der Waals surface area contributed by atoms with Crippen LogP contribution in [0.1, 0.15) is 5.56 Å². The highest BCUT2D eigenvalue weighted by molar-refractivity contribution is 7.18. The number of hydrogen-bond donors (Lipinski definition) is 2. The van der Waals surface area contributed by atoms with Gasteiger partial charge in [0.2, 0.25) is 0 Å². The van der Waals surface area contributed by atoms with Gasteiger partial charge in [-0.25, -0.2) is 9.97 Å². The molecule has 0 amide bonds. The fourth-order valence-corrected chi connectivity index (χ4v) is 4.69.